The predicted octanol–water partition coefficient (Wildman–Crippen LogP) is 5.12. The summed E-state index contributed by atoms with van der Waals surface area (Å²) in [5.41, 5.74) is -3.85. The van der Waals surface area contributed by atoms with Crippen LogP contribution in [0.3, 0.4) is 0 Å². The van der Waals surface area contributed by atoms with Crippen LogP contribution in [0, 0.1) is 6.92 Å². The minimum Gasteiger partial charge on any atom is -0.354 e. The maximum atomic E-state index is 13.4. The molecule has 192 valence electrons. The monoisotopic (exact) mass is 502 g/mol. The normalized spacial score (nSPS) is 15.9. The quantitative estimate of drug-likeness (QED) is 0.545. The Balaban J connectivity index is 1.93. The molecule has 11 heteroatoms. The lowest BCUT2D eigenvalue weighted by Gasteiger charge is -2.34. The zero-order valence-electron chi connectivity index (χ0n) is 20.2. The summed E-state index contributed by atoms with van der Waals surface area (Å²) < 4.78 is 80.0. The molecule has 1 aromatic heterocycles. The van der Waals surface area contributed by atoms with Crippen molar-refractivity contribution in [1.29, 1.82) is 0 Å². The summed E-state index contributed by atoms with van der Waals surface area (Å²) in [5, 5.41) is 0. The third kappa shape index (κ3) is 5.71. The maximum Gasteiger partial charge on any atom is 0.416 e. The van der Waals surface area contributed by atoms with Gasteiger partial charge in [-0.25, -0.2) is 4.98 Å². The SMILES string of the molecule is Cc1cc(N2CCN(C)CC2)ncc1N(C)C(=O)C(C)(C)c1cc(C(F)(F)F)cc(C(F)(F)F)c1. The van der Waals surface area contributed by atoms with Gasteiger partial charge in [0.15, 0.2) is 0 Å². The number of likely N-dealkylation sites (N-methyl/N-ethyl adjacent to an activating group) is 2. The highest BCUT2D eigenvalue weighted by Crippen LogP contribution is 2.40. The molecule has 35 heavy (non-hydrogen) atoms. The van der Waals surface area contributed by atoms with Gasteiger partial charge in [-0.2, -0.15) is 26.3 Å². The molecule has 1 aromatic carbocycles. The molecule has 0 atom stereocenters. The molecule has 2 heterocycles. The largest absolute Gasteiger partial charge is 0.416 e. The summed E-state index contributed by atoms with van der Waals surface area (Å²) in [5.74, 6) is 0.0781. The highest BCUT2D eigenvalue weighted by atomic mass is 19.4. The van der Waals surface area contributed by atoms with Crippen LogP contribution in [0.25, 0.3) is 0 Å². The van der Waals surface area contributed by atoms with E-state index in [1.807, 2.05) is 13.1 Å². The molecule has 1 fully saturated rings. The lowest BCUT2D eigenvalue weighted by atomic mass is 9.81. The van der Waals surface area contributed by atoms with Crippen molar-refractivity contribution in [1.82, 2.24) is 9.88 Å². The van der Waals surface area contributed by atoms with Crippen molar-refractivity contribution in [3.63, 3.8) is 0 Å². The Kier molecular flexibility index (Phi) is 7.14. The van der Waals surface area contributed by atoms with Crippen molar-refractivity contribution in [2.75, 3.05) is 50.1 Å². The van der Waals surface area contributed by atoms with Crippen molar-refractivity contribution in [3.05, 3.63) is 52.7 Å². The molecular formula is C24H28F6N4O. The Hall–Kier alpha value is -2.82. The number of piperazine rings is 1. The summed E-state index contributed by atoms with van der Waals surface area (Å²) in [6.45, 7) is 7.74. The number of nitrogens with zero attached hydrogens (tertiary/aromatic N) is 4. The topological polar surface area (TPSA) is 39.7 Å². The van der Waals surface area contributed by atoms with E-state index in [2.05, 4.69) is 14.8 Å². The number of carbonyl (C=O) groups is 1. The Morgan fingerprint density at radius 3 is 1.83 bits per heavy atom. The number of alkyl halides is 6. The van der Waals surface area contributed by atoms with Crippen LogP contribution in [0.5, 0.6) is 0 Å². The number of aryl methyl sites for hydroxylation is 1. The fraction of sp³-hybridized carbons (Fsp3) is 0.500. The van der Waals surface area contributed by atoms with E-state index in [0.717, 1.165) is 32.0 Å². The maximum absolute atomic E-state index is 13.4. The van der Waals surface area contributed by atoms with Crippen LogP contribution in [0.4, 0.5) is 37.8 Å². The third-order valence-corrected chi connectivity index (χ3v) is 6.41. The molecule has 0 bridgehead atoms. The number of pyridine rings is 1. The Morgan fingerprint density at radius 1 is 0.886 bits per heavy atom. The van der Waals surface area contributed by atoms with Crippen LogP contribution >= 0.6 is 0 Å². The average molecular weight is 503 g/mol. The van der Waals surface area contributed by atoms with E-state index < -0.39 is 34.8 Å². The van der Waals surface area contributed by atoms with E-state index in [0.29, 0.717) is 23.4 Å². The highest BCUT2D eigenvalue weighted by molar-refractivity contribution is 6.00. The number of hydrogen-bond acceptors (Lipinski definition) is 4. The van der Waals surface area contributed by atoms with Gasteiger partial charge >= 0.3 is 12.4 Å². The average Bonchev–Trinajstić information content (AvgIpc) is 2.77. The van der Waals surface area contributed by atoms with E-state index in [-0.39, 0.29) is 11.6 Å². The molecule has 0 aliphatic carbocycles. The van der Waals surface area contributed by atoms with E-state index in [4.69, 9.17) is 0 Å². The second-order valence-corrected chi connectivity index (χ2v) is 9.40. The van der Waals surface area contributed by atoms with Crippen molar-refractivity contribution < 1.29 is 31.1 Å². The van der Waals surface area contributed by atoms with Gasteiger partial charge in [-0.15, -0.1) is 0 Å². The van der Waals surface area contributed by atoms with E-state index in [9.17, 15) is 31.1 Å². The highest BCUT2D eigenvalue weighted by Gasteiger charge is 2.41. The Morgan fingerprint density at radius 2 is 1.37 bits per heavy atom. The number of hydrogen-bond donors (Lipinski definition) is 0. The van der Waals surface area contributed by atoms with Crippen LogP contribution in [0.15, 0.2) is 30.5 Å². The standard InChI is InChI=1S/C24H28F6N4O/c1-15-10-20(34-8-6-32(4)7-9-34)31-14-19(15)33(5)21(35)22(2,3)16-11-17(23(25,26)27)13-18(12-16)24(28,29)30/h10-14H,6-9H2,1-5H3. The van der Waals surface area contributed by atoms with Gasteiger partial charge < -0.3 is 14.7 Å². The minimum absolute atomic E-state index is 0.0545. The first-order chi connectivity index (χ1) is 16.0. The fourth-order valence-electron chi connectivity index (χ4n) is 4.06. The van der Waals surface area contributed by atoms with Gasteiger partial charge in [0, 0.05) is 33.2 Å². The van der Waals surface area contributed by atoms with Crippen molar-refractivity contribution in [2.24, 2.45) is 0 Å². The molecule has 5 nitrogen and oxygen atoms in total. The molecule has 0 unspecified atom stereocenters. The molecule has 1 saturated heterocycles. The zero-order chi connectivity index (χ0) is 26.3. The van der Waals surface area contributed by atoms with Crippen LogP contribution in [0.2, 0.25) is 0 Å². The molecule has 0 spiro atoms. The van der Waals surface area contributed by atoms with Crippen LogP contribution in [-0.2, 0) is 22.6 Å². The van der Waals surface area contributed by atoms with Crippen LogP contribution < -0.4 is 9.80 Å². The van der Waals surface area contributed by atoms with Gasteiger partial charge in [0.25, 0.3) is 0 Å². The number of amides is 1. The molecule has 3 rings (SSSR count). The van der Waals surface area contributed by atoms with Gasteiger partial charge in [-0.05, 0) is 63.2 Å². The number of benzene rings is 1. The summed E-state index contributed by atoms with van der Waals surface area (Å²) >= 11 is 0. The van der Waals surface area contributed by atoms with Crippen LogP contribution in [0.1, 0.15) is 36.1 Å². The van der Waals surface area contributed by atoms with Gasteiger partial charge in [-0.1, -0.05) is 0 Å². The number of rotatable bonds is 4. The second-order valence-electron chi connectivity index (χ2n) is 9.40. The Labute approximate surface area is 200 Å². The number of carbonyl (C=O) groups excluding carboxylic acids is 1. The molecule has 1 aliphatic heterocycles. The molecule has 0 radical (unpaired) electrons. The lowest BCUT2D eigenvalue weighted by molar-refractivity contribution is -0.143. The van der Waals surface area contributed by atoms with Crippen molar-refractivity contribution in [2.45, 2.75) is 38.5 Å². The second kappa shape index (κ2) is 9.33. The first kappa shape index (κ1) is 26.8. The fourth-order valence-corrected chi connectivity index (χ4v) is 4.06. The van der Waals surface area contributed by atoms with Gasteiger partial charge in [-0.3, -0.25) is 4.79 Å². The molecular weight excluding hydrogens is 474 g/mol. The van der Waals surface area contributed by atoms with Gasteiger partial charge in [0.1, 0.15) is 5.82 Å². The summed E-state index contributed by atoms with van der Waals surface area (Å²) in [6, 6.07) is 3.08. The molecule has 0 N–H and O–H groups in total. The number of anilines is 2. The van der Waals surface area contributed by atoms with Crippen molar-refractivity contribution in [3.8, 4) is 0 Å². The summed E-state index contributed by atoms with van der Waals surface area (Å²) in [6.07, 6.45) is -8.49. The molecule has 1 amide bonds. The minimum atomic E-state index is -5.00. The lowest BCUT2D eigenvalue weighted by Crippen LogP contribution is -2.45. The van der Waals surface area contributed by atoms with E-state index in [1.165, 1.54) is 32.0 Å². The predicted molar refractivity (Wildman–Crippen MR) is 122 cm³/mol. The van der Waals surface area contributed by atoms with Gasteiger partial charge in [0.2, 0.25) is 5.91 Å². The van der Waals surface area contributed by atoms with Crippen LogP contribution in [-0.4, -0.2) is 56.1 Å². The number of halogens is 6. The summed E-state index contributed by atoms with van der Waals surface area (Å²) in [4.78, 5) is 23.4. The third-order valence-electron chi connectivity index (χ3n) is 6.41. The van der Waals surface area contributed by atoms with E-state index >= 15 is 0 Å². The van der Waals surface area contributed by atoms with E-state index in [1.54, 1.807) is 6.92 Å². The summed E-state index contributed by atoms with van der Waals surface area (Å²) in [7, 11) is 3.46. The smallest absolute Gasteiger partial charge is 0.354 e. The zero-order valence-corrected chi connectivity index (χ0v) is 20.2. The molecule has 1 aliphatic rings. The van der Waals surface area contributed by atoms with Gasteiger partial charge in [0.05, 0.1) is 28.4 Å². The first-order valence-electron chi connectivity index (χ1n) is 11.0. The number of aromatic nitrogens is 1. The molecule has 0 saturated carbocycles. The van der Waals surface area contributed by atoms with Crippen molar-refractivity contribution >= 4 is 17.4 Å². The molecule has 2 aromatic rings. The Bertz CT molecular complexity index is 1060. The first-order valence-corrected chi connectivity index (χ1v) is 11.0.